The minimum absolute atomic E-state index is 0.172. The molecule has 5 nitrogen and oxygen atoms in total. The van der Waals surface area contributed by atoms with Gasteiger partial charge in [0.05, 0.1) is 23.2 Å². The fourth-order valence-electron chi connectivity index (χ4n) is 3.99. The van der Waals surface area contributed by atoms with Gasteiger partial charge in [0.25, 0.3) is 5.56 Å². The van der Waals surface area contributed by atoms with E-state index in [2.05, 4.69) is 19.1 Å². The Morgan fingerprint density at radius 2 is 1.69 bits per heavy atom. The fraction of sp³-hybridized carbons (Fsp3) is 0.250. The Morgan fingerprint density at radius 1 is 1.03 bits per heavy atom. The van der Waals surface area contributed by atoms with Crippen LogP contribution in [0.4, 0.5) is 0 Å². The van der Waals surface area contributed by atoms with Crippen molar-refractivity contribution in [3.8, 4) is 22.9 Å². The molecule has 2 aromatic heterocycles. The van der Waals surface area contributed by atoms with E-state index in [1.165, 1.54) is 0 Å². The number of fused-ring (bicyclic) bond motifs is 3. The first-order chi connectivity index (χ1) is 14.0. The van der Waals surface area contributed by atoms with E-state index < -0.39 is 0 Å². The summed E-state index contributed by atoms with van der Waals surface area (Å²) in [7, 11) is 0. The Bertz CT molecular complexity index is 1340. The summed E-state index contributed by atoms with van der Waals surface area (Å²) in [5.74, 6) is 0.358. The van der Waals surface area contributed by atoms with Crippen LogP contribution in [0.25, 0.3) is 27.8 Å². The SMILES string of the molecule is CCOc1c(-c2ccccc2)c(=O)n2c3cc(C)c(C)cc3n(CC)c2c1C#N. The fourth-order valence-corrected chi connectivity index (χ4v) is 3.99. The Hall–Kier alpha value is -3.52. The molecule has 0 aliphatic heterocycles. The van der Waals surface area contributed by atoms with Gasteiger partial charge in [-0.15, -0.1) is 0 Å². The van der Waals surface area contributed by atoms with Crippen molar-refractivity contribution in [2.45, 2.75) is 34.2 Å². The lowest BCUT2D eigenvalue weighted by Gasteiger charge is -2.14. The van der Waals surface area contributed by atoms with Gasteiger partial charge < -0.3 is 9.30 Å². The molecule has 4 rings (SSSR count). The molecule has 0 amide bonds. The van der Waals surface area contributed by atoms with Crippen LogP contribution in [0.1, 0.15) is 30.5 Å². The highest BCUT2D eigenvalue weighted by Gasteiger charge is 2.25. The van der Waals surface area contributed by atoms with E-state index in [1.807, 2.05) is 61.7 Å². The zero-order chi connectivity index (χ0) is 20.7. The summed E-state index contributed by atoms with van der Waals surface area (Å²) in [4.78, 5) is 13.8. The molecule has 0 N–H and O–H groups in total. The number of aromatic nitrogens is 2. The molecule has 0 bridgehead atoms. The molecule has 0 fully saturated rings. The summed E-state index contributed by atoms with van der Waals surface area (Å²) in [6.45, 7) is 8.98. The number of nitriles is 1. The average molecular weight is 385 g/mol. The largest absolute Gasteiger partial charge is 0.491 e. The molecule has 146 valence electrons. The van der Waals surface area contributed by atoms with Crippen molar-refractivity contribution in [2.75, 3.05) is 6.61 Å². The van der Waals surface area contributed by atoms with E-state index in [1.54, 1.807) is 4.40 Å². The molecular weight excluding hydrogens is 362 g/mol. The van der Waals surface area contributed by atoms with Gasteiger partial charge >= 0.3 is 0 Å². The second-order valence-electron chi connectivity index (χ2n) is 7.12. The number of hydrogen-bond donors (Lipinski definition) is 0. The molecular formula is C24H23N3O2. The number of aryl methyl sites for hydroxylation is 3. The summed E-state index contributed by atoms with van der Waals surface area (Å²) in [6, 6.07) is 15.9. The molecule has 0 aliphatic carbocycles. The summed E-state index contributed by atoms with van der Waals surface area (Å²) in [5, 5.41) is 10.1. The van der Waals surface area contributed by atoms with Gasteiger partial charge in [0.15, 0.2) is 5.75 Å². The monoisotopic (exact) mass is 385 g/mol. The molecule has 0 aliphatic rings. The van der Waals surface area contributed by atoms with Crippen molar-refractivity contribution in [1.29, 1.82) is 5.26 Å². The average Bonchev–Trinajstić information content (AvgIpc) is 3.03. The highest BCUT2D eigenvalue weighted by atomic mass is 16.5. The molecule has 29 heavy (non-hydrogen) atoms. The van der Waals surface area contributed by atoms with E-state index in [0.717, 1.165) is 27.7 Å². The lowest BCUT2D eigenvalue weighted by atomic mass is 10.0. The van der Waals surface area contributed by atoms with E-state index in [4.69, 9.17) is 4.74 Å². The molecule has 5 heteroatoms. The maximum atomic E-state index is 13.8. The van der Waals surface area contributed by atoms with Crippen LogP contribution in [0.15, 0.2) is 47.3 Å². The molecule has 0 saturated carbocycles. The number of ether oxygens (including phenoxy) is 1. The lowest BCUT2D eigenvalue weighted by Crippen LogP contribution is -2.19. The maximum Gasteiger partial charge on any atom is 0.268 e. The highest BCUT2D eigenvalue weighted by Crippen LogP contribution is 2.35. The number of nitrogens with zero attached hydrogens (tertiary/aromatic N) is 3. The predicted molar refractivity (Wildman–Crippen MR) is 116 cm³/mol. The van der Waals surface area contributed by atoms with E-state index in [0.29, 0.717) is 35.7 Å². The number of benzene rings is 2. The zero-order valence-corrected chi connectivity index (χ0v) is 17.1. The molecule has 4 aromatic rings. The Labute approximate surface area is 169 Å². The van der Waals surface area contributed by atoms with Gasteiger partial charge in [-0.3, -0.25) is 9.20 Å². The number of hydrogen-bond acceptors (Lipinski definition) is 3. The van der Waals surface area contributed by atoms with Crippen molar-refractivity contribution in [1.82, 2.24) is 8.97 Å². The van der Waals surface area contributed by atoms with Crippen LogP contribution in [0.3, 0.4) is 0 Å². The summed E-state index contributed by atoms with van der Waals surface area (Å²) >= 11 is 0. The molecule has 0 radical (unpaired) electrons. The maximum absolute atomic E-state index is 13.8. The predicted octanol–water partition coefficient (Wildman–Crippen LogP) is 4.83. The lowest BCUT2D eigenvalue weighted by molar-refractivity contribution is 0.340. The third-order valence-corrected chi connectivity index (χ3v) is 5.46. The van der Waals surface area contributed by atoms with Crippen LogP contribution in [-0.4, -0.2) is 15.6 Å². The van der Waals surface area contributed by atoms with E-state index in [-0.39, 0.29) is 5.56 Å². The smallest absolute Gasteiger partial charge is 0.268 e. The van der Waals surface area contributed by atoms with Crippen molar-refractivity contribution < 1.29 is 4.74 Å². The Morgan fingerprint density at radius 3 is 2.28 bits per heavy atom. The van der Waals surface area contributed by atoms with Crippen LogP contribution < -0.4 is 10.3 Å². The number of rotatable bonds is 4. The molecule has 0 unspecified atom stereocenters. The van der Waals surface area contributed by atoms with Gasteiger partial charge in [-0.2, -0.15) is 5.26 Å². The molecule has 0 saturated heterocycles. The van der Waals surface area contributed by atoms with Gasteiger partial charge in [-0.1, -0.05) is 30.3 Å². The first-order valence-electron chi connectivity index (χ1n) is 9.83. The van der Waals surface area contributed by atoms with Gasteiger partial charge in [-0.05, 0) is 56.5 Å². The van der Waals surface area contributed by atoms with Gasteiger partial charge in [-0.25, -0.2) is 0 Å². The quantitative estimate of drug-likeness (QED) is 0.506. The second kappa shape index (κ2) is 7.14. The van der Waals surface area contributed by atoms with Crippen molar-refractivity contribution in [2.24, 2.45) is 0 Å². The summed E-state index contributed by atoms with van der Waals surface area (Å²) < 4.78 is 9.60. The van der Waals surface area contributed by atoms with Crippen LogP contribution in [0, 0.1) is 25.2 Å². The molecule has 2 heterocycles. The second-order valence-corrected chi connectivity index (χ2v) is 7.12. The third-order valence-electron chi connectivity index (χ3n) is 5.46. The first-order valence-corrected chi connectivity index (χ1v) is 9.83. The van der Waals surface area contributed by atoms with Crippen LogP contribution in [0.2, 0.25) is 0 Å². The van der Waals surface area contributed by atoms with Crippen LogP contribution in [-0.2, 0) is 6.54 Å². The standard InChI is InChI=1S/C24H23N3O2/c1-5-26-19-12-15(3)16(4)13-20(19)27-23(26)18(14-25)22(29-6-2)21(24(27)28)17-10-8-7-9-11-17/h7-13H,5-6H2,1-4H3. The summed E-state index contributed by atoms with van der Waals surface area (Å²) in [6.07, 6.45) is 0. The zero-order valence-electron chi connectivity index (χ0n) is 17.1. The van der Waals surface area contributed by atoms with Crippen molar-refractivity contribution >= 4 is 16.7 Å². The normalized spacial score (nSPS) is 11.1. The number of imidazole rings is 1. The minimum atomic E-state index is -0.172. The van der Waals surface area contributed by atoms with Crippen LogP contribution in [0.5, 0.6) is 5.75 Å². The Balaban J connectivity index is 2.33. The molecule has 0 atom stereocenters. The van der Waals surface area contributed by atoms with E-state index in [9.17, 15) is 10.1 Å². The van der Waals surface area contributed by atoms with Gasteiger partial charge in [0.1, 0.15) is 17.3 Å². The Kier molecular flexibility index (Phi) is 4.63. The summed E-state index contributed by atoms with van der Waals surface area (Å²) in [5.41, 5.74) is 5.98. The number of pyridine rings is 1. The topological polar surface area (TPSA) is 59.4 Å². The molecule has 0 spiro atoms. The van der Waals surface area contributed by atoms with Gasteiger partial charge in [0.2, 0.25) is 0 Å². The van der Waals surface area contributed by atoms with Crippen LogP contribution >= 0.6 is 0 Å². The molecule has 2 aromatic carbocycles. The van der Waals surface area contributed by atoms with Crippen molar-refractivity contribution in [3.05, 3.63) is 69.5 Å². The van der Waals surface area contributed by atoms with E-state index >= 15 is 0 Å². The van der Waals surface area contributed by atoms with Gasteiger partial charge in [0, 0.05) is 6.54 Å². The highest BCUT2D eigenvalue weighted by molar-refractivity contribution is 5.89. The van der Waals surface area contributed by atoms with Crippen molar-refractivity contribution in [3.63, 3.8) is 0 Å². The first kappa shape index (κ1) is 18.8. The third kappa shape index (κ3) is 2.72. The minimum Gasteiger partial charge on any atom is -0.491 e.